The Hall–Kier alpha value is -2.46. The zero-order valence-electron chi connectivity index (χ0n) is 16.4. The Morgan fingerprint density at radius 3 is 2.55 bits per heavy atom. The van der Waals surface area contributed by atoms with E-state index in [1.807, 2.05) is 19.1 Å². The van der Waals surface area contributed by atoms with Crippen molar-refractivity contribution in [3.05, 3.63) is 71.1 Å². The lowest BCUT2D eigenvalue weighted by atomic mass is 9.73. The molecule has 1 atom stereocenters. The van der Waals surface area contributed by atoms with Crippen molar-refractivity contribution >= 4 is 34.1 Å². The molecule has 29 heavy (non-hydrogen) atoms. The molecule has 150 valence electrons. The van der Waals surface area contributed by atoms with Crippen LogP contribution in [-0.4, -0.2) is 10.9 Å². The number of amides is 1. The summed E-state index contributed by atoms with van der Waals surface area (Å²) in [6, 6.07) is 14.2. The maximum absolute atomic E-state index is 14.7. The number of carbonyl (C=O) groups is 1. The van der Waals surface area contributed by atoms with Gasteiger partial charge in [0.15, 0.2) is 0 Å². The Morgan fingerprint density at radius 1 is 1.10 bits per heavy atom. The molecule has 4 rings (SSSR count). The molecule has 0 radical (unpaired) electrons. The quantitative estimate of drug-likeness (QED) is 0.528. The van der Waals surface area contributed by atoms with Gasteiger partial charge < -0.3 is 5.32 Å². The van der Waals surface area contributed by atoms with E-state index in [1.54, 1.807) is 36.5 Å². The Labute approximate surface area is 175 Å². The summed E-state index contributed by atoms with van der Waals surface area (Å²) in [6.45, 7) is 1.98. The zero-order chi connectivity index (χ0) is 20.4. The van der Waals surface area contributed by atoms with Crippen molar-refractivity contribution in [3.63, 3.8) is 0 Å². The van der Waals surface area contributed by atoms with Gasteiger partial charge in [0.2, 0.25) is 5.91 Å². The van der Waals surface area contributed by atoms with Crippen molar-refractivity contribution in [2.75, 3.05) is 5.32 Å². The minimum atomic E-state index is -0.150. The number of fused-ring (bicyclic) bond motifs is 1. The van der Waals surface area contributed by atoms with Crippen molar-refractivity contribution in [3.8, 4) is 0 Å². The van der Waals surface area contributed by atoms with Crippen LogP contribution in [0.5, 0.6) is 0 Å². The molecule has 3 aromatic rings. The van der Waals surface area contributed by atoms with Crippen LogP contribution in [0.4, 0.5) is 10.1 Å². The fourth-order valence-electron chi connectivity index (χ4n) is 4.47. The molecule has 3 nitrogen and oxygen atoms in total. The van der Waals surface area contributed by atoms with E-state index in [1.165, 1.54) is 6.07 Å². The lowest BCUT2D eigenvalue weighted by Gasteiger charge is -2.32. The third-order valence-electron chi connectivity index (χ3n) is 6.19. The second kappa shape index (κ2) is 8.50. The minimum Gasteiger partial charge on any atom is -0.326 e. The summed E-state index contributed by atoms with van der Waals surface area (Å²) in [7, 11) is 0. The third kappa shape index (κ3) is 4.27. The van der Waals surface area contributed by atoms with E-state index in [-0.39, 0.29) is 23.6 Å². The van der Waals surface area contributed by atoms with Gasteiger partial charge in [-0.15, -0.1) is 0 Å². The number of benzene rings is 2. The highest BCUT2D eigenvalue weighted by atomic mass is 35.5. The normalized spacial score (nSPS) is 20.4. The lowest BCUT2D eigenvalue weighted by Crippen LogP contribution is -2.29. The Kier molecular flexibility index (Phi) is 5.81. The number of nitrogens with zero attached hydrogens (tertiary/aromatic N) is 1. The first-order chi connectivity index (χ1) is 14.0. The van der Waals surface area contributed by atoms with Gasteiger partial charge in [-0.3, -0.25) is 9.78 Å². The molecule has 0 saturated heterocycles. The standard InChI is InChI=1S/C24H24ClFN2O/c1-15(24(29)28-19-10-8-18(25)9-11-19)16-4-6-17(7-5-16)23-20-3-2-14-27-22(20)13-12-21(23)26/h2-3,8-17H,4-7H2,1H3,(H,28,29)/t15-,16?,17?/m1/s1. The van der Waals surface area contributed by atoms with Gasteiger partial charge in [0.25, 0.3) is 0 Å². The van der Waals surface area contributed by atoms with E-state index in [2.05, 4.69) is 10.3 Å². The highest BCUT2D eigenvalue weighted by Gasteiger charge is 2.31. The van der Waals surface area contributed by atoms with E-state index in [9.17, 15) is 9.18 Å². The molecular formula is C24H24ClFN2O. The third-order valence-corrected chi connectivity index (χ3v) is 6.44. The number of pyridine rings is 1. The predicted molar refractivity (Wildman–Crippen MR) is 116 cm³/mol. The van der Waals surface area contributed by atoms with Gasteiger partial charge in [-0.25, -0.2) is 4.39 Å². The van der Waals surface area contributed by atoms with Crippen molar-refractivity contribution in [2.24, 2.45) is 11.8 Å². The molecule has 0 unspecified atom stereocenters. The lowest BCUT2D eigenvalue weighted by molar-refractivity contribution is -0.121. The molecule has 0 spiro atoms. The van der Waals surface area contributed by atoms with Crippen LogP contribution in [0.2, 0.25) is 5.02 Å². The molecule has 1 saturated carbocycles. The van der Waals surface area contributed by atoms with Crippen LogP contribution in [0, 0.1) is 17.7 Å². The van der Waals surface area contributed by atoms with Gasteiger partial charge in [0.05, 0.1) is 5.52 Å². The number of rotatable bonds is 4. The summed E-state index contributed by atoms with van der Waals surface area (Å²) >= 11 is 5.90. The molecule has 1 aromatic heterocycles. The summed E-state index contributed by atoms with van der Waals surface area (Å²) in [6.07, 6.45) is 5.33. The summed E-state index contributed by atoms with van der Waals surface area (Å²) in [5, 5.41) is 4.53. The van der Waals surface area contributed by atoms with E-state index >= 15 is 0 Å². The number of carbonyl (C=O) groups excluding carboxylic acids is 1. The Bertz CT molecular complexity index is 1010. The molecule has 1 fully saturated rings. The molecule has 1 heterocycles. The van der Waals surface area contributed by atoms with E-state index in [0.717, 1.165) is 47.8 Å². The second-order valence-electron chi connectivity index (χ2n) is 7.93. The van der Waals surface area contributed by atoms with Gasteiger partial charge in [-0.05, 0) is 80.0 Å². The zero-order valence-corrected chi connectivity index (χ0v) is 17.1. The van der Waals surface area contributed by atoms with Crippen LogP contribution in [0.15, 0.2) is 54.7 Å². The highest BCUT2D eigenvalue weighted by molar-refractivity contribution is 6.30. The molecule has 2 aromatic carbocycles. The maximum Gasteiger partial charge on any atom is 0.227 e. The molecular weight excluding hydrogens is 387 g/mol. The van der Waals surface area contributed by atoms with Crippen LogP contribution in [0.3, 0.4) is 0 Å². The van der Waals surface area contributed by atoms with E-state index in [4.69, 9.17) is 11.6 Å². The Morgan fingerprint density at radius 2 is 1.83 bits per heavy atom. The van der Waals surface area contributed by atoms with Gasteiger partial charge in [-0.2, -0.15) is 0 Å². The fraction of sp³-hybridized carbons (Fsp3) is 0.333. The minimum absolute atomic E-state index is 0.0244. The second-order valence-corrected chi connectivity index (χ2v) is 8.36. The first-order valence-electron chi connectivity index (χ1n) is 10.1. The van der Waals surface area contributed by atoms with Crippen LogP contribution < -0.4 is 5.32 Å². The number of aromatic nitrogens is 1. The number of nitrogens with one attached hydrogen (secondary N) is 1. The van der Waals surface area contributed by atoms with Gasteiger partial charge in [0.1, 0.15) is 5.82 Å². The summed E-state index contributed by atoms with van der Waals surface area (Å²) < 4.78 is 14.7. The van der Waals surface area contributed by atoms with Gasteiger partial charge >= 0.3 is 0 Å². The van der Waals surface area contributed by atoms with Crippen LogP contribution >= 0.6 is 11.6 Å². The summed E-state index contributed by atoms with van der Waals surface area (Å²) in [5.74, 6) is 0.254. The molecule has 1 aliphatic carbocycles. The summed E-state index contributed by atoms with van der Waals surface area (Å²) in [4.78, 5) is 17.0. The number of anilines is 1. The average Bonchev–Trinajstić information content (AvgIpc) is 2.75. The fourth-order valence-corrected chi connectivity index (χ4v) is 4.60. The number of hydrogen-bond acceptors (Lipinski definition) is 2. The van der Waals surface area contributed by atoms with Crippen LogP contribution in [-0.2, 0) is 4.79 Å². The van der Waals surface area contributed by atoms with Crippen molar-refractivity contribution < 1.29 is 9.18 Å². The van der Waals surface area contributed by atoms with Crippen LogP contribution in [0.25, 0.3) is 10.9 Å². The van der Waals surface area contributed by atoms with Crippen molar-refractivity contribution in [2.45, 2.75) is 38.5 Å². The summed E-state index contributed by atoms with van der Waals surface area (Å²) in [5.41, 5.74) is 2.37. The van der Waals surface area contributed by atoms with Crippen molar-refractivity contribution in [1.29, 1.82) is 0 Å². The molecule has 5 heteroatoms. The predicted octanol–water partition coefficient (Wildman–Crippen LogP) is 6.58. The first kappa shape index (κ1) is 19.8. The maximum atomic E-state index is 14.7. The van der Waals surface area contributed by atoms with Crippen molar-refractivity contribution in [1.82, 2.24) is 4.98 Å². The SMILES string of the molecule is C[C@@H](C(=O)Nc1ccc(Cl)cc1)C1CCC(c2c(F)ccc3ncccc23)CC1. The average molecular weight is 411 g/mol. The molecule has 0 aliphatic heterocycles. The molecule has 1 amide bonds. The smallest absolute Gasteiger partial charge is 0.227 e. The van der Waals surface area contributed by atoms with E-state index < -0.39 is 0 Å². The molecule has 1 aliphatic rings. The number of halogens is 2. The molecule has 0 bridgehead atoms. The number of hydrogen-bond donors (Lipinski definition) is 1. The Balaban J connectivity index is 1.42. The van der Waals surface area contributed by atoms with E-state index in [0.29, 0.717) is 10.9 Å². The highest BCUT2D eigenvalue weighted by Crippen LogP contribution is 2.41. The van der Waals surface area contributed by atoms with Gasteiger partial charge in [-0.1, -0.05) is 24.6 Å². The monoisotopic (exact) mass is 410 g/mol. The van der Waals surface area contributed by atoms with Crippen LogP contribution in [0.1, 0.15) is 44.1 Å². The largest absolute Gasteiger partial charge is 0.326 e. The van der Waals surface area contributed by atoms with Gasteiger partial charge in [0, 0.05) is 33.8 Å². The molecule has 1 N–H and O–H groups in total. The first-order valence-corrected chi connectivity index (χ1v) is 10.5. The topological polar surface area (TPSA) is 42.0 Å².